The van der Waals surface area contributed by atoms with Crippen LogP contribution in [0.25, 0.3) is 0 Å². The molecular weight excluding hydrogens is 260 g/mol. The van der Waals surface area contributed by atoms with Crippen molar-refractivity contribution in [3.8, 4) is 0 Å². The number of ketones is 1. The number of pyridine rings is 1. The zero-order chi connectivity index (χ0) is 13.1. The Bertz CT molecular complexity index is 601. The number of halogens is 3. The maximum atomic E-state index is 13.4. The van der Waals surface area contributed by atoms with Gasteiger partial charge in [0.2, 0.25) is 0 Å². The number of carbonyl (C=O) groups excluding carboxylic acids is 1. The highest BCUT2D eigenvalue weighted by Crippen LogP contribution is 2.18. The van der Waals surface area contributed by atoms with Crippen LogP contribution in [0.5, 0.6) is 0 Å². The van der Waals surface area contributed by atoms with Crippen molar-refractivity contribution in [2.24, 2.45) is 0 Å². The maximum Gasteiger partial charge on any atom is 0.168 e. The van der Waals surface area contributed by atoms with E-state index in [1.165, 1.54) is 30.6 Å². The Labute approximate surface area is 107 Å². The third-order valence-electron chi connectivity index (χ3n) is 2.46. The lowest BCUT2D eigenvalue weighted by Gasteiger charge is -2.04. The molecule has 0 saturated carbocycles. The lowest BCUT2D eigenvalue weighted by molar-refractivity contribution is 0.0991. The molecule has 2 aromatic rings. The molecule has 0 aliphatic heterocycles. The van der Waals surface area contributed by atoms with Crippen LogP contribution >= 0.6 is 11.6 Å². The fourth-order valence-electron chi connectivity index (χ4n) is 1.55. The highest BCUT2D eigenvalue weighted by atomic mass is 35.5. The van der Waals surface area contributed by atoms with Crippen molar-refractivity contribution in [2.45, 2.75) is 6.42 Å². The molecule has 0 bridgehead atoms. The molecule has 0 radical (unpaired) electrons. The second-order valence-electron chi connectivity index (χ2n) is 3.67. The molecule has 0 amide bonds. The quantitative estimate of drug-likeness (QED) is 0.798. The van der Waals surface area contributed by atoms with Gasteiger partial charge in [-0.3, -0.25) is 9.78 Å². The number of nitrogens with zero attached hydrogens (tertiary/aromatic N) is 1. The third kappa shape index (κ3) is 2.54. The molecule has 0 fully saturated rings. The van der Waals surface area contributed by atoms with Crippen LogP contribution in [0.4, 0.5) is 8.78 Å². The van der Waals surface area contributed by atoms with Crippen molar-refractivity contribution < 1.29 is 13.6 Å². The van der Waals surface area contributed by atoms with Crippen LogP contribution in [0.15, 0.2) is 36.7 Å². The Morgan fingerprint density at radius 3 is 2.78 bits per heavy atom. The number of hydrogen-bond donors (Lipinski definition) is 0. The normalized spacial score (nSPS) is 10.4. The van der Waals surface area contributed by atoms with E-state index in [1.54, 1.807) is 0 Å². The van der Waals surface area contributed by atoms with Crippen molar-refractivity contribution in [1.82, 2.24) is 4.98 Å². The van der Waals surface area contributed by atoms with Crippen molar-refractivity contribution in [2.75, 3.05) is 0 Å². The first-order valence-corrected chi connectivity index (χ1v) is 5.53. The fraction of sp³-hybridized carbons (Fsp3) is 0.0769. The lowest BCUT2D eigenvalue weighted by atomic mass is 10.0. The second kappa shape index (κ2) is 5.23. The van der Waals surface area contributed by atoms with Gasteiger partial charge in [0.15, 0.2) is 17.4 Å². The Kier molecular flexibility index (Phi) is 3.67. The van der Waals surface area contributed by atoms with Gasteiger partial charge in [-0.25, -0.2) is 8.78 Å². The summed E-state index contributed by atoms with van der Waals surface area (Å²) < 4.78 is 26.4. The van der Waals surface area contributed by atoms with Crippen LogP contribution in [0.2, 0.25) is 5.02 Å². The summed E-state index contributed by atoms with van der Waals surface area (Å²) >= 11 is 5.81. The summed E-state index contributed by atoms with van der Waals surface area (Å²) in [5.41, 5.74) is 0.253. The minimum Gasteiger partial charge on any atom is -0.294 e. The van der Waals surface area contributed by atoms with Crippen molar-refractivity contribution in [3.63, 3.8) is 0 Å². The van der Waals surface area contributed by atoms with E-state index < -0.39 is 11.6 Å². The van der Waals surface area contributed by atoms with E-state index in [2.05, 4.69) is 4.98 Å². The second-order valence-corrected chi connectivity index (χ2v) is 4.08. The van der Waals surface area contributed by atoms with E-state index in [-0.39, 0.29) is 28.4 Å². The molecule has 0 aliphatic carbocycles. The van der Waals surface area contributed by atoms with Gasteiger partial charge in [0, 0.05) is 24.4 Å². The van der Waals surface area contributed by atoms with Crippen molar-refractivity contribution >= 4 is 17.4 Å². The number of benzene rings is 1. The molecule has 0 unspecified atom stereocenters. The molecule has 92 valence electrons. The number of hydrogen-bond acceptors (Lipinski definition) is 2. The van der Waals surface area contributed by atoms with Gasteiger partial charge in [-0.1, -0.05) is 23.7 Å². The predicted octanol–water partition coefficient (Wildman–Crippen LogP) is 3.44. The molecule has 1 aromatic heterocycles. The molecule has 5 heteroatoms. The van der Waals surface area contributed by atoms with Crippen molar-refractivity contribution in [3.05, 3.63) is 64.4 Å². The molecule has 0 saturated heterocycles. The summed E-state index contributed by atoms with van der Waals surface area (Å²) in [5.74, 6) is -2.36. The monoisotopic (exact) mass is 267 g/mol. The van der Waals surface area contributed by atoms with Gasteiger partial charge in [0.1, 0.15) is 0 Å². The maximum absolute atomic E-state index is 13.4. The van der Waals surface area contributed by atoms with E-state index in [4.69, 9.17) is 11.6 Å². The SMILES string of the molecule is O=C(Cc1cccc(F)c1F)c1ccncc1Cl. The molecule has 18 heavy (non-hydrogen) atoms. The lowest BCUT2D eigenvalue weighted by Crippen LogP contribution is -2.07. The molecule has 0 N–H and O–H groups in total. The number of Topliss-reactive ketones (excluding diaryl/α,β-unsaturated/α-hetero) is 1. The minimum absolute atomic E-state index is 0.00730. The molecule has 2 nitrogen and oxygen atoms in total. The number of rotatable bonds is 3. The van der Waals surface area contributed by atoms with E-state index in [9.17, 15) is 13.6 Å². The fourth-order valence-corrected chi connectivity index (χ4v) is 1.78. The predicted molar refractivity (Wildman–Crippen MR) is 63.6 cm³/mol. The van der Waals surface area contributed by atoms with Crippen LogP contribution in [0.3, 0.4) is 0 Å². The van der Waals surface area contributed by atoms with Gasteiger partial charge in [-0.15, -0.1) is 0 Å². The Balaban J connectivity index is 2.27. The average molecular weight is 268 g/mol. The Hall–Kier alpha value is -1.81. The molecule has 1 aromatic carbocycles. The van der Waals surface area contributed by atoms with Crippen LogP contribution in [0, 0.1) is 11.6 Å². The topological polar surface area (TPSA) is 30.0 Å². The highest BCUT2D eigenvalue weighted by Gasteiger charge is 2.15. The van der Waals surface area contributed by atoms with Crippen LogP contribution in [-0.4, -0.2) is 10.8 Å². The van der Waals surface area contributed by atoms with Gasteiger partial charge in [-0.05, 0) is 17.7 Å². The highest BCUT2D eigenvalue weighted by molar-refractivity contribution is 6.33. The molecule has 0 spiro atoms. The molecule has 0 aliphatic rings. The summed E-state index contributed by atoms with van der Waals surface area (Å²) in [6.07, 6.45) is 2.51. The summed E-state index contributed by atoms with van der Waals surface area (Å²) in [6.45, 7) is 0. The molecule has 2 rings (SSSR count). The van der Waals surface area contributed by atoms with Crippen molar-refractivity contribution in [1.29, 1.82) is 0 Å². The average Bonchev–Trinajstić information content (AvgIpc) is 2.35. The van der Waals surface area contributed by atoms with E-state index in [0.29, 0.717) is 0 Å². The number of aromatic nitrogens is 1. The van der Waals surface area contributed by atoms with Crippen LogP contribution < -0.4 is 0 Å². The summed E-state index contributed by atoms with van der Waals surface area (Å²) in [6, 6.07) is 5.17. The molecule has 1 heterocycles. The van der Waals surface area contributed by atoms with Gasteiger partial charge in [0.25, 0.3) is 0 Å². The Morgan fingerprint density at radius 2 is 2.06 bits per heavy atom. The van der Waals surface area contributed by atoms with Crippen LogP contribution in [0.1, 0.15) is 15.9 Å². The zero-order valence-electron chi connectivity index (χ0n) is 9.16. The smallest absolute Gasteiger partial charge is 0.168 e. The van der Waals surface area contributed by atoms with E-state index in [1.807, 2.05) is 0 Å². The first kappa shape index (κ1) is 12.6. The van der Waals surface area contributed by atoms with Gasteiger partial charge in [0.05, 0.1) is 5.02 Å². The van der Waals surface area contributed by atoms with Gasteiger partial charge >= 0.3 is 0 Å². The third-order valence-corrected chi connectivity index (χ3v) is 2.76. The van der Waals surface area contributed by atoms with E-state index in [0.717, 1.165) is 6.07 Å². The summed E-state index contributed by atoms with van der Waals surface area (Å²) in [5, 5.41) is 0.194. The first-order valence-electron chi connectivity index (χ1n) is 5.15. The zero-order valence-corrected chi connectivity index (χ0v) is 9.92. The first-order chi connectivity index (χ1) is 8.59. The number of carbonyl (C=O) groups is 1. The molecular formula is C13H8ClF2NO. The largest absolute Gasteiger partial charge is 0.294 e. The van der Waals surface area contributed by atoms with Gasteiger partial charge in [-0.2, -0.15) is 0 Å². The summed E-state index contributed by atoms with van der Waals surface area (Å²) in [4.78, 5) is 15.6. The molecule has 0 atom stereocenters. The van der Waals surface area contributed by atoms with E-state index >= 15 is 0 Å². The summed E-state index contributed by atoms with van der Waals surface area (Å²) in [7, 11) is 0. The Morgan fingerprint density at radius 1 is 1.28 bits per heavy atom. The minimum atomic E-state index is -1.00. The standard InChI is InChI=1S/C13H8ClF2NO/c14-10-7-17-5-4-9(10)12(18)6-8-2-1-3-11(15)13(8)16/h1-5,7H,6H2. The van der Waals surface area contributed by atoms with Gasteiger partial charge < -0.3 is 0 Å². The van der Waals surface area contributed by atoms with Crippen LogP contribution in [-0.2, 0) is 6.42 Å².